The van der Waals surface area contributed by atoms with Crippen molar-refractivity contribution in [3.63, 3.8) is 0 Å². The first-order chi connectivity index (χ1) is 7.59. The molecule has 0 aromatic carbocycles. The van der Waals surface area contributed by atoms with Crippen molar-refractivity contribution >= 4 is 21.6 Å². The number of hydrogen-bond donors (Lipinski definition) is 2. The number of anilines is 1. The van der Waals surface area contributed by atoms with Crippen molar-refractivity contribution < 1.29 is 13.2 Å². The van der Waals surface area contributed by atoms with Gasteiger partial charge in [0.1, 0.15) is 11.1 Å². The number of carbonyl (C=O) groups is 1. The molecule has 0 radical (unpaired) electrons. The van der Waals surface area contributed by atoms with E-state index in [1.54, 1.807) is 6.07 Å². The Labute approximate surface area is 93.3 Å². The van der Waals surface area contributed by atoms with Crippen molar-refractivity contribution in [1.29, 1.82) is 0 Å². The maximum atomic E-state index is 11.7. The van der Waals surface area contributed by atoms with Gasteiger partial charge in [0.05, 0.1) is 11.9 Å². The number of amides is 1. The van der Waals surface area contributed by atoms with E-state index in [-0.39, 0.29) is 5.75 Å². The Morgan fingerprint density at radius 3 is 2.94 bits per heavy atom. The van der Waals surface area contributed by atoms with E-state index in [2.05, 4.69) is 15.5 Å². The van der Waals surface area contributed by atoms with Crippen molar-refractivity contribution in [2.45, 2.75) is 24.5 Å². The van der Waals surface area contributed by atoms with Crippen molar-refractivity contribution in [3.05, 3.63) is 12.3 Å². The average Bonchev–Trinajstić information content (AvgIpc) is 2.69. The summed E-state index contributed by atoms with van der Waals surface area (Å²) in [6.45, 7) is 0. The van der Waals surface area contributed by atoms with Crippen LogP contribution in [0, 0.1) is 0 Å². The Balaban J connectivity index is 2.09. The van der Waals surface area contributed by atoms with E-state index in [1.807, 2.05) is 0 Å². The third-order valence-corrected chi connectivity index (χ3v) is 4.80. The molecule has 0 saturated carbocycles. The maximum absolute atomic E-state index is 11.7. The first-order valence-corrected chi connectivity index (χ1v) is 6.83. The number of H-pyrrole nitrogens is 1. The standard InChI is InChI=1S/C9H13N3O3S/c13-9(11-8-4-5-10-12-8)7-3-1-2-6-16(7,14)15/h4-5,7H,1-3,6H2,(H2,10,11,12,13). The van der Waals surface area contributed by atoms with E-state index < -0.39 is 21.0 Å². The van der Waals surface area contributed by atoms with Gasteiger partial charge < -0.3 is 5.32 Å². The summed E-state index contributed by atoms with van der Waals surface area (Å²) < 4.78 is 23.3. The van der Waals surface area contributed by atoms with Gasteiger partial charge in [0, 0.05) is 6.07 Å². The minimum atomic E-state index is -3.27. The number of nitrogens with zero attached hydrogens (tertiary/aromatic N) is 1. The molecule has 1 aromatic heterocycles. The molecule has 6 nitrogen and oxygen atoms in total. The van der Waals surface area contributed by atoms with E-state index in [0.717, 1.165) is 6.42 Å². The number of rotatable bonds is 2. The molecule has 2 N–H and O–H groups in total. The molecule has 1 atom stereocenters. The smallest absolute Gasteiger partial charge is 0.243 e. The molecule has 1 aliphatic heterocycles. The van der Waals surface area contributed by atoms with Crippen molar-refractivity contribution in [2.24, 2.45) is 0 Å². The molecule has 88 valence electrons. The highest BCUT2D eigenvalue weighted by Crippen LogP contribution is 2.20. The summed E-state index contributed by atoms with van der Waals surface area (Å²) in [6, 6.07) is 1.58. The molecule has 2 heterocycles. The van der Waals surface area contributed by atoms with Crippen LogP contribution in [0.25, 0.3) is 0 Å². The summed E-state index contributed by atoms with van der Waals surface area (Å²) in [5.41, 5.74) is 0. The summed E-state index contributed by atoms with van der Waals surface area (Å²) >= 11 is 0. The fraction of sp³-hybridized carbons (Fsp3) is 0.556. The lowest BCUT2D eigenvalue weighted by atomic mass is 10.2. The second-order valence-corrected chi connectivity index (χ2v) is 6.11. The van der Waals surface area contributed by atoms with Crippen LogP contribution in [-0.2, 0) is 14.6 Å². The zero-order valence-corrected chi connectivity index (χ0v) is 9.46. The summed E-state index contributed by atoms with van der Waals surface area (Å²) in [7, 11) is -3.27. The van der Waals surface area contributed by atoms with Crippen LogP contribution in [0.1, 0.15) is 19.3 Å². The molecule has 1 unspecified atom stereocenters. The summed E-state index contributed by atoms with van der Waals surface area (Å²) in [6.07, 6.45) is 3.32. The minimum absolute atomic E-state index is 0.105. The summed E-state index contributed by atoms with van der Waals surface area (Å²) in [5.74, 6) is 0.0587. The lowest BCUT2D eigenvalue weighted by Gasteiger charge is -2.20. The van der Waals surface area contributed by atoms with E-state index >= 15 is 0 Å². The van der Waals surface area contributed by atoms with E-state index in [1.165, 1.54) is 6.20 Å². The van der Waals surface area contributed by atoms with Crippen molar-refractivity contribution in [3.8, 4) is 0 Å². The van der Waals surface area contributed by atoms with Crippen molar-refractivity contribution in [1.82, 2.24) is 10.2 Å². The number of aromatic nitrogens is 2. The van der Waals surface area contributed by atoms with Crippen LogP contribution in [0.2, 0.25) is 0 Å². The van der Waals surface area contributed by atoms with Gasteiger partial charge in [-0.15, -0.1) is 0 Å². The summed E-state index contributed by atoms with van der Waals surface area (Å²) in [4.78, 5) is 11.7. The number of sulfone groups is 1. The summed E-state index contributed by atoms with van der Waals surface area (Å²) in [5, 5.41) is 7.82. The van der Waals surface area contributed by atoms with Crippen LogP contribution < -0.4 is 5.32 Å². The normalized spacial score (nSPS) is 23.9. The number of nitrogens with one attached hydrogen (secondary N) is 2. The van der Waals surface area contributed by atoms with Gasteiger partial charge in [0.2, 0.25) is 5.91 Å². The van der Waals surface area contributed by atoms with Crippen LogP contribution in [0.4, 0.5) is 5.82 Å². The molecule has 0 spiro atoms. The number of hydrogen-bond acceptors (Lipinski definition) is 4. The average molecular weight is 243 g/mol. The molecule has 1 aliphatic rings. The van der Waals surface area contributed by atoms with Gasteiger partial charge in [-0.3, -0.25) is 9.89 Å². The fourth-order valence-electron chi connectivity index (χ4n) is 1.79. The van der Waals surface area contributed by atoms with Gasteiger partial charge in [0.15, 0.2) is 9.84 Å². The molecule has 1 saturated heterocycles. The molecule has 7 heteroatoms. The number of aromatic amines is 1. The molecule has 2 rings (SSSR count). The fourth-order valence-corrected chi connectivity index (χ4v) is 3.59. The third kappa shape index (κ3) is 2.24. The first-order valence-electron chi connectivity index (χ1n) is 5.11. The van der Waals surface area contributed by atoms with Gasteiger partial charge in [-0.2, -0.15) is 5.10 Å². The lowest BCUT2D eigenvalue weighted by Crippen LogP contribution is -2.39. The van der Waals surface area contributed by atoms with Gasteiger partial charge in [-0.05, 0) is 12.8 Å². The Morgan fingerprint density at radius 1 is 1.50 bits per heavy atom. The topological polar surface area (TPSA) is 91.9 Å². The molecule has 1 aromatic rings. The van der Waals surface area contributed by atoms with E-state index in [0.29, 0.717) is 18.7 Å². The Bertz CT molecular complexity index is 466. The van der Waals surface area contributed by atoms with Gasteiger partial charge in [-0.1, -0.05) is 6.42 Å². The largest absolute Gasteiger partial charge is 0.310 e. The maximum Gasteiger partial charge on any atom is 0.243 e. The van der Waals surface area contributed by atoms with E-state index in [4.69, 9.17) is 0 Å². The minimum Gasteiger partial charge on any atom is -0.310 e. The zero-order valence-electron chi connectivity index (χ0n) is 8.64. The predicted octanol–water partition coefficient (Wildman–Crippen LogP) is 0.315. The Morgan fingerprint density at radius 2 is 2.31 bits per heavy atom. The quantitative estimate of drug-likeness (QED) is 0.782. The lowest BCUT2D eigenvalue weighted by molar-refractivity contribution is -0.116. The Kier molecular flexibility index (Phi) is 2.95. The first kappa shape index (κ1) is 11.1. The van der Waals surface area contributed by atoms with E-state index in [9.17, 15) is 13.2 Å². The van der Waals surface area contributed by atoms with Gasteiger partial charge in [0.25, 0.3) is 0 Å². The second kappa shape index (κ2) is 4.25. The molecule has 16 heavy (non-hydrogen) atoms. The molecule has 1 amide bonds. The molecule has 0 bridgehead atoms. The molecule has 0 aliphatic carbocycles. The molecular weight excluding hydrogens is 230 g/mol. The third-order valence-electron chi connectivity index (χ3n) is 2.63. The monoisotopic (exact) mass is 243 g/mol. The predicted molar refractivity (Wildman–Crippen MR) is 58.6 cm³/mol. The van der Waals surface area contributed by atoms with Gasteiger partial charge in [-0.25, -0.2) is 8.42 Å². The highest BCUT2D eigenvalue weighted by atomic mass is 32.2. The van der Waals surface area contributed by atoms with Crippen LogP contribution in [0.5, 0.6) is 0 Å². The number of carbonyl (C=O) groups excluding carboxylic acids is 1. The highest BCUT2D eigenvalue weighted by molar-refractivity contribution is 7.92. The highest BCUT2D eigenvalue weighted by Gasteiger charge is 2.34. The van der Waals surface area contributed by atoms with Crippen LogP contribution in [-0.4, -0.2) is 35.5 Å². The van der Waals surface area contributed by atoms with Gasteiger partial charge >= 0.3 is 0 Å². The van der Waals surface area contributed by atoms with Crippen molar-refractivity contribution in [2.75, 3.05) is 11.1 Å². The zero-order chi connectivity index (χ0) is 11.6. The molecular formula is C9H13N3O3S. The second-order valence-electron chi connectivity index (χ2n) is 3.81. The SMILES string of the molecule is O=C(Nc1ccn[nH]1)C1CCCCS1(=O)=O. The molecule has 1 fully saturated rings. The van der Waals surface area contributed by atoms with Crippen LogP contribution >= 0.6 is 0 Å². The van der Waals surface area contributed by atoms with Crippen LogP contribution in [0.3, 0.4) is 0 Å². The van der Waals surface area contributed by atoms with Crippen LogP contribution in [0.15, 0.2) is 12.3 Å². The Hall–Kier alpha value is -1.37.